The predicted molar refractivity (Wildman–Crippen MR) is 80.6 cm³/mol. The van der Waals surface area contributed by atoms with Crippen molar-refractivity contribution in [2.24, 2.45) is 5.73 Å². The molecule has 1 heterocycles. The van der Waals surface area contributed by atoms with Crippen LogP contribution in [0.25, 0.3) is 0 Å². The molecule has 1 saturated heterocycles. The second kappa shape index (κ2) is 6.10. The fraction of sp³-hybridized carbons (Fsp3) is 0.625. The highest BCUT2D eigenvalue weighted by Gasteiger charge is 2.32. The third-order valence-corrected chi connectivity index (χ3v) is 4.08. The number of para-hydroxylation sites is 1. The van der Waals surface area contributed by atoms with Gasteiger partial charge in [0.1, 0.15) is 5.82 Å². The van der Waals surface area contributed by atoms with Crippen molar-refractivity contribution in [1.29, 1.82) is 0 Å². The molecule has 0 amide bonds. The fourth-order valence-corrected chi connectivity index (χ4v) is 2.99. The summed E-state index contributed by atoms with van der Waals surface area (Å²) in [6.45, 7) is 5.62. The van der Waals surface area contributed by atoms with Crippen LogP contribution in [0.15, 0.2) is 18.2 Å². The fourth-order valence-electron chi connectivity index (χ4n) is 2.99. The average Bonchev–Trinajstić information content (AvgIpc) is 2.38. The van der Waals surface area contributed by atoms with Crippen molar-refractivity contribution < 1.29 is 9.13 Å². The summed E-state index contributed by atoms with van der Waals surface area (Å²) in [5.74, 6) is -0.163. The van der Waals surface area contributed by atoms with E-state index in [2.05, 4.69) is 11.8 Å². The van der Waals surface area contributed by atoms with E-state index in [4.69, 9.17) is 10.5 Å². The van der Waals surface area contributed by atoms with Crippen LogP contribution in [0, 0.1) is 5.82 Å². The summed E-state index contributed by atoms with van der Waals surface area (Å²) >= 11 is 0. The predicted octanol–water partition coefficient (Wildman–Crippen LogP) is 2.72. The molecule has 112 valence electrons. The number of nitrogens with two attached hydrogens (primary N) is 1. The van der Waals surface area contributed by atoms with Crippen LogP contribution in [-0.2, 0) is 11.2 Å². The molecule has 2 unspecified atom stereocenters. The molecule has 2 atom stereocenters. The van der Waals surface area contributed by atoms with Crippen LogP contribution in [0.2, 0.25) is 0 Å². The van der Waals surface area contributed by atoms with Gasteiger partial charge in [-0.1, -0.05) is 12.1 Å². The zero-order valence-corrected chi connectivity index (χ0v) is 12.7. The maximum atomic E-state index is 14.3. The Morgan fingerprint density at radius 1 is 1.50 bits per heavy atom. The lowest BCUT2D eigenvalue weighted by molar-refractivity contribution is -0.00480. The first-order valence-electron chi connectivity index (χ1n) is 7.28. The van der Waals surface area contributed by atoms with Gasteiger partial charge in [-0.2, -0.15) is 0 Å². The molecule has 1 aromatic rings. The SMILES string of the molecule is COC1(C)CCCN(c2c(F)cccc2CC(C)N)C1. The summed E-state index contributed by atoms with van der Waals surface area (Å²) in [5, 5.41) is 0. The number of halogens is 1. The first-order valence-corrected chi connectivity index (χ1v) is 7.28. The number of ether oxygens (including phenoxy) is 1. The lowest BCUT2D eigenvalue weighted by Gasteiger charge is -2.41. The highest BCUT2D eigenvalue weighted by Crippen LogP contribution is 2.32. The second-order valence-electron chi connectivity index (χ2n) is 6.11. The quantitative estimate of drug-likeness (QED) is 0.921. The Morgan fingerprint density at radius 3 is 2.90 bits per heavy atom. The maximum absolute atomic E-state index is 14.3. The Labute approximate surface area is 120 Å². The van der Waals surface area contributed by atoms with E-state index in [9.17, 15) is 4.39 Å². The lowest BCUT2D eigenvalue weighted by atomic mass is 9.93. The van der Waals surface area contributed by atoms with Crippen LogP contribution in [0.3, 0.4) is 0 Å². The Kier molecular flexibility index (Phi) is 4.66. The van der Waals surface area contributed by atoms with E-state index in [0.717, 1.165) is 31.5 Å². The highest BCUT2D eigenvalue weighted by atomic mass is 19.1. The van der Waals surface area contributed by atoms with E-state index in [1.165, 1.54) is 6.07 Å². The first kappa shape index (κ1) is 15.3. The van der Waals surface area contributed by atoms with Gasteiger partial charge in [0.15, 0.2) is 0 Å². The second-order valence-corrected chi connectivity index (χ2v) is 6.11. The number of methoxy groups -OCH3 is 1. The molecule has 2 N–H and O–H groups in total. The Balaban J connectivity index is 2.31. The molecule has 0 aliphatic carbocycles. The van der Waals surface area contributed by atoms with Gasteiger partial charge in [0.25, 0.3) is 0 Å². The average molecular weight is 280 g/mol. The minimum Gasteiger partial charge on any atom is -0.377 e. The molecule has 4 heteroatoms. The molecule has 1 aliphatic rings. The topological polar surface area (TPSA) is 38.5 Å². The van der Waals surface area contributed by atoms with Gasteiger partial charge in [-0.25, -0.2) is 4.39 Å². The van der Waals surface area contributed by atoms with Gasteiger partial charge in [-0.15, -0.1) is 0 Å². The van der Waals surface area contributed by atoms with Crippen LogP contribution in [-0.4, -0.2) is 31.8 Å². The van der Waals surface area contributed by atoms with Crippen molar-refractivity contribution in [3.8, 4) is 0 Å². The molecule has 0 aromatic heterocycles. The summed E-state index contributed by atoms with van der Waals surface area (Å²) in [6.07, 6.45) is 2.71. The summed E-state index contributed by atoms with van der Waals surface area (Å²) in [7, 11) is 1.73. The number of rotatable bonds is 4. The largest absolute Gasteiger partial charge is 0.377 e. The number of hydrogen-bond donors (Lipinski definition) is 1. The molecular weight excluding hydrogens is 255 g/mol. The lowest BCUT2D eigenvalue weighted by Crippen LogP contribution is -2.48. The van der Waals surface area contributed by atoms with Gasteiger partial charge in [-0.05, 0) is 44.7 Å². The monoisotopic (exact) mass is 280 g/mol. The van der Waals surface area contributed by atoms with Crippen LogP contribution >= 0.6 is 0 Å². The van der Waals surface area contributed by atoms with E-state index >= 15 is 0 Å². The van der Waals surface area contributed by atoms with Crippen molar-refractivity contribution in [2.45, 2.75) is 44.8 Å². The van der Waals surface area contributed by atoms with Gasteiger partial charge in [-0.3, -0.25) is 0 Å². The summed E-state index contributed by atoms with van der Waals surface area (Å²) in [5.41, 5.74) is 7.37. The van der Waals surface area contributed by atoms with Crippen molar-refractivity contribution in [3.63, 3.8) is 0 Å². The minimum absolute atomic E-state index is 0.0224. The standard InChI is InChI=1S/C16H25FN2O/c1-12(18)10-13-6-4-7-14(17)15(13)19-9-5-8-16(2,11-19)20-3/h4,6-7,12H,5,8-11,18H2,1-3H3. The molecule has 0 radical (unpaired) electrons. The minimum atomic E-state index is -0.202. The Bertz CT molecular complexity index is 464. The van der Waals surface area contributed by atoms with Gasteiger partial charge in [0, 0.05) is 26.2 Å². The van der Waals surface area contributed by atoms with Crippen LogP contribution in [0.5, 0.6) is 0 Å². The zero-order chi connectivity index (χ0) is 14.8. The molecule has 1 aliphatic heterocycles. The molecule has 2 rings (SSSR count). The summed E-state index contributed by atoms with van der Waals surface area (Å²) in [4.78, 5) is 2.11. The molecule has 0 saturated carbocycles. The van der Waals surface area contributed by atoms with Crippen LogP contribution < -0.4 is 10.6 Å². The molecule has 3 nitrogen and oxygen atoms in total. The first-order chi connectivity index (χ1) is 9.45. The molecule has 1 aromatic carbocycles. The van der Waals surface area contributed by atoms with Gasteiger partial charge >= 0.3 is 0 Å². The van der Waals surface area contributed by atoms with E-state index in [-0.39, 0.29) is 17.5 Å². The van der Waals surface area contributed by atoms with Crippen LogP contribution in [0.4, 0.5) is 10.1 Å². The van der Waals surface area contributed by atoms with E-state index in [1.807, 2.05) is 13.0 Å². The van der Waals surface area contributed by atoms with E-state index in [1.54, 1.807) is 13.2 Å². The van der Waals surface area contributed by atoms with E-state index < -0.39 is 0 Å². The molecular formula is C16H25FN2O. The number of anilines is 1. The van der Waals surface area contributed by atoms with Crippen LogP contribution in [0.1, 0.15) is 32.3 Å². The molecule has 0 bridgehead atoms. The Hall–Kier alpha value is -1.13. The van der Waals surface area contributed by atoms with Crippen molar-refractivity contribution in [3.05, 3.63) is 29.6 Å². The normalized spacial score (nSPS) is 24.8. The highest BCUT2D eigenvalue weighted by molar-refractivity contribution is 5.56. The van der Waals surface area contributed by atoms with E-state index in [0.29, 0.717) is 12.1 Å². The van der Waals surface area contributed by atoms with Crippen molar-refractivity contribution in [1.82, 2.24) is 0 Å². The molecule has 1 fully saturated rings. The Morgan fingerprint density at radius 2 is 2.25 bits per heavy atom. The van der Waals surface area contributed by atoms with Gasteiger partial charge in [0.2, 0.25) is 0 Å². The smallest absolute Gasteiger partial charge is 0.146 e. The molecule has 0 spiro atoms. The summed E-state index contributed by atoms with van der Waals surface area (Å²) < 4.78 is 19.9. The number of benzene rings is 1. The number of piperidine rings is 1. The summed E-state index contributed by atoms with van der Waals surface area (Å²) in [6, 6.07) is 5.28. The third-order valence-electron chi connectivity index (χ3n) is 4.08. The third kappa shape index (κ3) is 3.30. The van der Waals surface area contributed by atoms with Gasteiger partial charge in [0.05, 0.1) is 11.3 Å². The van der Waals surface area contributed by atoms with Crippen molar-refractivity contribution >= 4 is 5.69 Å². The van der Waals surface area contributed by atoms with Gasteiger partial charge < -0.3 is 15.4 Å². The molecule has 20 heavy (non-hydrogen) atoms. The van der Waals surface area contributed by atoms with Crippen molar-refractivity contribution in [2.75, 3.05) is 25.1 Å². The zero-order valence-electron chi connectivity index (χ0n) is 12.7. The maximum Gasteiger partial charge on any atom is 0.146 e. The number of nitrogens with zero attached hydrogens (tertiary/aromatic N) is 1. The number of hydrogen-bond acceptors (Lipinski definition) is 3.